The molecule has 5 saturated carbocycles. The summed E-state index contributed by atoms with van der Waals surface area (Å²) in [6.45, 7) is 1.76. The Morgan fingerprint density at radius 3 is 1.84 bits per heavy atom. The lowest BCUT2D eigenvalue weighted by Gasteiger charge is -2.64. The molecule has 0 aromatic heterocycles. The molecule has 1 spiro atoms. The molecule has 0 radical (unpaired) electrons. The molecule has 2 amide bonds. The maximum Gasteiger partial charge on any atom is 0.225 e. The van der Waals surface area contributed by atoms with E-state index in [1.807, 2.05) is 0 Å². The molecule has 6 fully saturated rings. The number of rotatable bonds is 4. The summed E-state index contributed by atoms with van der Waals surface area (Å²) in [6.07, 6.45) is 27.9. The van der Waals surface area contributed by atoms with Gasteiger partial charge in [0.05, 0.1) is 0 Å². The molecule has 38 heavy (non-hydrogen) atoms. The van der Waals surface area contributed by atoms with Gasteiger partial charge in [-0.2, -0.15) is 0 Å². The number of piperidine rings is 1. The van der Waals surface area contributed by atoms with Crippen molar-refractivity contribution in [3.05, 3.63) is 0 Å². The molecule has 4 heteroatoms. The lowest BCUT2D eigenvalue weighted by molar-refractivity contribution is -0.156. The maximum absolute atomic E-state index is 13.9. The molecule has 1 saturated heterocycles. The van der Waals surface area contributed by atoms with Crippen LogP contribution in [-0.2, 0) is 9.59 Å². The quantitative estimate of drug-likeness (QED) is 0.411. The zero-order valence-electron chi connectivity index (χ0n) is 24.3. The molecule has 1 N–H and O–H groups in total. The van der Waals surface area contributed by atoms with Crippen LogP contribution < -0.4 is 5.32 Å². The van der Waals surface area contributed by atoms with Gasteiger partial charge in [0.2, 0.25) is 11.8 Å². The fraction of sp³-hybridized carbons (Fsp3) is 0.941. The van der Waals surface area contributed by atoms with Crippen LogP contribution in [0, 0.1) is 40.9 Å². The Balaban J connectivity index is 1.14. The Labute approximate surface area is 232 Å². The molecule has 214 valence electrons. The molecule has 6 atom stereocenters. The largest absolute Gasteiger partial charge is 0.353 e. The highest BCUT2D eigenvalue weighted by Crippen LogP contribution is 2.74. The van der Waals surface area contributed by atoms with Gasteiger partial charge in [0.1, 0.15) is 0 Å². The van der Waals surface area contributed by atoms with Crippen LogP contribution in [0.2, 0.25) is 0 Å². The van der Waals surface area contributed by atoms with Crippen molar-refractivity contribution in [3.8, 4) is 0 Å². The second-order valence-corrected chi connectivity index (χ2v) is 14.7. The summed E-state index contributed by atoms with van der Waals surface area (Å²) in [4.78, 5) is 29.8. The molecule has 6 unspecified atom stereocenters. The first-order chi connectivity index (χ1) is 18.7. The number of carbonyl (C=O) groups is 2. The van der Waals surface area contributed by atoms with Crippen LogP contribution in [0.3, 0.4) is 0 Å². The zero-order chi connectivity index (χ0) is 26.0. The van der Waals surface area contributed by atoms with Crippen molar-refractivity contribution < 1.29 is 9.59 Å². The van der Waals surface area contributed by atoms with Crippen molar-refractivity contribution in [1.82, 2.24) is 10.2 Å². The molecular weight excluding hydrogens is 468 g/mol. The summed E-state index contributed by atoms with van der Waals surface area (Å²) in [5, 5.41) is 3.67. The Hall–Kier alpha value is -1.06. The molecule has 0 bridgehead atoms. The normalized spacial score (nSPS) is 39.5. The van der Waals surface area contributed by atoms with Crippen LogP contribution in [0.25, 0.3) is 0 Å². The average molecular weight is 525 g/mol. The van der Waals surface area contributed by atoms with Crippen molar-refractivity contribution in [2.24, 2.45) is 40.9 Å². The van der Waals surface area contributed by atoms with E-state index in [2.05, 4.69) is 10.2 Å². The predicted molar refractivity (Wildman–Crippen MR) is 153 cm³/mol. The molecule has 0 aromatic rings. The average Bonchev–Trinajstić information content (AvgIpc) is 3.25. The van der Waals surface area contributed by atoms with E-state index >= 15 is 0 Å². The van der Waals surface area contributed by atoms with Gasteiger partial charge in [-0.15, -0.1) is 0 Å². The monoisotopic (exact) mass is 524 g/mol. The summed E-state index contributed by atoms with van der Waals surface area (Å²) < 4.78 is 0. The lowest BCUT2D eigenvalue weighted by atomic mass is 9.42. The third kappa shape index (κ3) is 5.45. The summed E-state index contributed by atoms with van der Waals surface area (Å²) in [6, 6.07) is 0.279. The zero-order valence-corrected chi connectivity index (χ0v) is 24.3. The minimum Gasteiger partial charge on any atom is -0.353 e. The van der Waals surface area contributed by atoms with E-state index in [1.165, 1.54) is 109 Å². The van der Waals surface area contributed by atoms with Gasteiger partial charge in [0.15, 0.2) is 0 Å². The van der Waals surface area contributed by atoms with Gasteiger partial charge in [-0.25, -0.2) is 0 Å². The van der Waals surface area contributed by atoms with E-state index in [1.54, 1.807) is 0 Å². The van der Waals surface area contributed by atoms with Gasteiger partial charge < -0.3 is 10.2 Å². The number of likely N-dealkylation sites (tertiary alicyclic amines) is 1. The second-order valence-electron chi connectivity index (χ2n) is 14.7. The van der Waals surface area contributed by atoms with E-state index in [-0.39, 0.29) is 17.9 Å². The van der Waals surface area contributed by atoms with Gasteiger partial charge in [-0.05, 0) is 93.3 Å². The fourth-order valence-electron chi connectivity index (χ4n) is 10.4. The van der Waals surface area contributed by atoms with Gasteiger partial charge in [-0.1, -0.05) is 77.0 Å². The summed E-state index contributed by atoms with van der Waals surface area (Å²) in [7, 11) is 0. The molecule has 1 aliphatic heterocycles. The van der Waals surface area contributed by atoms with E-state index < -0.39 is 0 Å². The van der Waals surface area contributed by atoms with E-state index in [9.17, 15) is 9.59 Å². The SMILES string of the molecule is O=C(NC1CCN(C(=O)C2CCCCCCCC2)CC1C1CC23CCC2CCC13)C1CCCCCCCC1. The highest BCUT2D eigenvalue weighted by molar-refractivity contribution is 5.80. The predicted octanol–water partition coefficient (Wildman–Crippen LogP) is 7.65. The third-order valence-electron chi connectivity index (χ3n) is 12.7. The summed E-state index contributed by atoms with van der Waals surface area (Å²) >= 11 is 0. The number of hydrogen-bond donors (Lipinski definition) is 1. The van der Waals surface area contributed by atoms with Gasteiger partial charge in [0.25, 0.3) is 0 Å². The standard InChI is InChI=1S/C34H56N2O2/c37-32(25-13-9-5-1-2-6-10-14-25)35-31-20-22-36(33(38)26-15-11-7-3-4-8-12-16-26)24-29(31)28-23-34-21-19-27(34)17-18-30(28)34/h25-31H,1-24H2,(H,35,37). The van der Waals surface area contributed by atoms with Crippen LogP contribution >= 0.6 is 0 Å². The Kier molecular flexibility index (Phi) is 8.72. The molecule has 1 heterocycles. The highest BCUT2D eigenvalue weighted by Gasteiger charge is 2.66. The van der Waals surface area contributed by atoms with Crippen LogP contribution in [0.15, 0.2) is 0 Å². The molecule has 6 rings (SSSR count). The van der Waals surface area contributed by atoms with Gasteiger partial charge in [-0.3, -0.25) is 9.59 Å². The Morgan fingerprint density at radius 1 is 0.632 bits per heavy atom. The van der Waals surface area contributed by atoms with Crippen molar-refractivity contribution in [1.29, 1.82) is 0 Å². The fourth-order valence-corrected chi connectivity index (χ4v) is 10.4. The van der Waals surface area contributed by atoms with Crippen molar-refractivity contribution in [2.75, 3.05) is 13.1 Å². The Morgan fingerprint density at radius 2 is 1.24 bits per heavy atom. The topological polar surface area (TPSA) is 49.4 Å². The smallest absolute Gasteiger partial charge is 0.225 e. The molecule has 0 aromatic carbocycles. The first-order valence-electron chi connectivity index (χ1n) is 17.2. The van der Waals surface area contributed by atoms with E-state index in [0.717, 1.165) is 62.9 Å². The van der Waals surface area contributed by atoms with Gasteiger partial charge >= 0.3 is 0 Å². The first-order valence-corrected chi connectivity index (χ1v) is 17.2. The van der Waals surface area contributed by atoms with Crippen LogP contribution in [0.5, 0.6) is 0 Å². The summed E-state index contributed by atoms with van der Waals surface area (Å²) in [5.74, 6) is 4.32. The highest BCUT2D eigenvalue weighted by atomic mass is 16.2. The molecule has 6 aliphatic rings. The summed E-state index contributed by atoms with van der Waals surface area (Å²) in [5.41, 5.74) is 0.668. The van der Waals surface area contributed by atoms with Crippen molar-refractivity contribution >= 4 is 11.8 Å². The first kappa shape index (κ1) is 27.1. The van der Waals surface area contributed by atoms with Crippen molar-refractivity contribution in [3.63, 3.8) is 0 Å². The van der Waals surface area contributed by atoms with E-state index in [0.29, 0.717) is 23.1 Å². The number of carbonyl (C=O) groups excluding carboxylic acids is 2. The maximum atomic E-state index is 13.9. The van der Waals surface area contributed by atoms with Crippen LogP contribution in [-0.4, -0.2) is 35.8 Å². The van der Waals surface area contributed by atoms with Crippen LogP contribution in [0.4, 0.5) is 0 Å². The third-order valence-corrected chi connectivity index (χ3v) is 12.7. The minimum atomic E-state index is 0.211. The van der Waals surface area contributed by atoms with Crippen molar-refractivity contribution in [2.45, 2.75) is 147 Å². The lowest BCUT2D eigenvalue weighted by Crippen LogP contribution is -2.63. The minimum absolute atomic E-state index is 0.211. The molecule has 4 nitrogen and oxygen atoms in total. The van der Waals surface area contributed by atoms with E-state index in [4.69, 9.17) is 0 Å². The Bertz CT molecular complexity index is 807. The number of nitrogens with zero attached hydrogens (tertiary/aromatic N) is 1. The number of hydrogen-bond acceptors (Lipinski definition) is 2. The second kappa shape index (κ2) is 12.2. The van der Waals surface area contributed by atoms with Gasteiger partial charge in [0, 0.05) is 31.0 Å². The number of amides is 2. The molecule has 5 aliphatic carbocycles. The molecular formula is C34H56N2O2. The number of nitrogens with one attached hydrogen (secondary N) is 1. The van der Waals surface area contributed by atoms with Crippen LogP contribution in [0.1, 0.15) is 141 Å².